The van der Waals surface area contributed by atoms with E-state index < -0.39 is 0 Å². The van der Waals surface area contributed by atoms with Gasteiger partial charge >= 0.3 is 0 Å². The lowest BCUT2D eigenvalue weighted by Gasteiger charge is -2.32. The van der Waals surface area contributed by atoms with Crippen molar-refractivity contribution in [1.29, 1.82) is 0 Å². The van der Waals surface area contributed by atoms with E-state index in [1.165, 1.54) is 0 Å². The van der Waals surface area contributed by atoms with E-state index in [0.29, 0.717) is 13.1 Å². The summed E-state index contributed by atoms with van der Waals surface area (Å²) in [5.41, 5.74) is 0.743. The van der Waals surface area contributed by atoms with Gasteiger partial charge in [0.2, 0.25) is 0 Å². The number of hydrogen-bond acceptors (Lipinski definition) is 4. The number of likely N-dealkylation sites (tertiary alicyclic amines) is 1. The molecule has 0 spiro atoms. The van der Waals surface area contributed by atoms with Gasteiger partial charge in [-0.3, -0.25) is 4.79 Å². The largest absolute Gasteiger partial charge is 0.338 e. The Balaban J connectivity index is 1.50. The first-order valence-corrected chi connectivity index (χ1v) is 9.33. The third kappa shape index (κ3) is 3.49. The number of piperidine rings is 1. The summed E-state index contributed by atoms with van der Waals surface area (Å²) in [7, 11) is 2.01. The van der Waals surface area contributed by atoms with Gasteiger partial charge in [0.25, 0.3) is 5.91 Å². The minimum absolute atomic E-state index is 0.0942. The van der Waals surface area contributed by atoms with E-state index in [-0.39, 0.29) is 11.8 Å². The summed E-state index contributed by atoms with van der Waals surface area (Å²) in [6.45, 7) is 4.10. The van der Waals surface area contributed by atoms with Crippen LogP contribution in [0, 0.1) is 6.92 Å². The lowest BCUT2D eigenvalue weighted by Crippen LogP contribution is -2.39. The van der Waals surface area contributed by atoms with Crippen LogP contribution in [0.1, 0.15) is 46.6 Å². The van der Waals surface area contributed by atoms with Crippen LogP contribution in [0.4, 0.5) is 0 Å². The average Bonchev–Trinajstić information content (AvgIpc) is 3.28. The van der Waals surface area contributed by atoms with Gasteiger partial charge in [0, 0.05) is 44.0 Å². The van der Waals surface area contributed by atoms with Gasteiger partial charge in [-0.2, -0.15) is 0 Å². The number of hydrogen-bond donors (Lipinski definition) is 0. The third-order valence-corrected chi connectivity index (χ3v) is 5.33. The molecular weight excluding hydrogens is 340 g/mol. The standard InChI is InChI=1S/C20H24N6O/c1-15-21-10-12-25(15)14-18-22-23-19(24(18)2)17-9-6-11-26(13-17)20(27)16-7-4-3-5-8-16/h3-5,7-8,10,12,17H,6,9,11,13-14H2,1-2H3/t17-/m0/s1. The van der Waals surface area contributed by atoms with Crippen LogP contribution in [-0.4, -0.2) is 48.2 Å². The Morgan fingerprint density at radius 2 is 2.04 bits per heavy atom. The maximum absolute atomic E-state index is 12.8. The van der Waals surface area contributed by atoms with Crippen molar-refractivity contribution >= 4 is 5.91 Å². The van der Waals surface area contributed by atoms with Gasteiger partial charge in [-0.15, -0.1) is 10.2 Å². The summed E-state index contributed by atoms with van der Waals surface area (Å²) in [6.07, 6.45) is 5.74. The first-order valence-electron chi connectivity index (χ1n) is 9.33. The topological polar surface area (TPSA) is 68.8 Å². The van der Waals surface area contributed by atoms with Crippen LogP contribution in [0.5, 0.6) is 0 Å². The van der Waals surface area contributed by atoms with Crippen LogP contribution in [0.2, 0.25) is 0 Å². The second kappa shape index (κ2) is 7.34. The molecule has 0 N–H and O–H groups in total. The van der Waals surface area contributed by atoms with Crippen LogP contribution in [0.15, 0.2) is 42.7 Å². The van der Waals surface area contributed by atoms with Crippen molar-refractivity contribution in [2.75, 3.05) is 13.1 Å². The second-order valence-electron chi connectivity index (χ2n) is 7.09. The van der Waals surface area contributed by atoms with Gasteiger partial charge in [-0.25, -0.2) is 4.98 Å². The molecule has 3 heterocycles. The van der Waals surface area contributed by atoms with Crippen molar-refractivity contribution in [2.45, 2.75) is 32.2 Å². The molecule has 2 aromatic heterocycles. The predicted octanol–water partition coefficient (Wildman–Crippen LogP) is 2.39. The van der Waals surface area contributed by atoms with Crippen LogP contribution in [0.3, 0.4) is 0 Å². The quantitative estimate of drug-likeness (QED) is 0.713. The predicted molar refractivity (Wildman–Crippen MR) is 101 cm³/mol. The summed E-state index contributed by atoms with van der Waals surface area (Å²) >= 11 is 0. The zero-order valence-corrected chi connectivity index (χ0v) is 15.7. The van der Waals surface area contributed by atoms with Crippen LogP contribution >= 0.6 is 0 Å². The molecule has 1 amide bonds. The summed E-state index contributed by atoms with van der Waals surface area (Å²) in [5, 5.41) is 8.85. The van der Waals surface area contributed by atoms with E-state index in [4.69, 9.17) is 0 Å². The number of aromatic nitrogens is 5. The first-order chi connectivity index (χ1) is 13.1. The molecule has 0 aliphatic carbocycles. The number of carbonyl (C=O) groups is 1. The van der Waals surface area contributed by atoms with E-state index in [1.807, 2.05) is 55.4 Å². The van der Waals surface area contributed by atoms with Crippen molar-refractivity contribution in [2.24, 2.45) is 7.05 Å². The summed E-state index contributed by atoms with van der Waals surface area (Å²) in [5.74, 6) is 3.11. The van der Waals surface area contributed by atoms with Crippen LogP contribution in [-0.2, 0) is 13.6 Å². The van der Waals surface area contributed by atoms with E-state index in [1.54, 1.807) is 6.20 Å². The maximum Gasteiger partial charge on any atom is 0.253 e. The lowest BCUT2D eigenvalue weighted by atomic mass is 9.96. The molecule has 4 rings (SSSR count). The SMILES string of the molecule is Cc1nccn1Cc1nnc([C@H]2CCCN(C(=O)c3ccccc3)C2)n1C. The van der Waals surface area contributed by atoms with E-state index in [9.17, 15) is 4.79 Å². The Bertz CT molecular complexity index is 929. The molecule has 27 heavy (non-hydrogen) atoms. The molecule has 1 atom stereocenters. The minimum Gasteiger partial charge on any atom is -0.338 e. The highest BCUT2D eigenvalue weighted by atomic mass is 16.2. The molecule has 7 heteroatoms. The van der Waals surface area contributed by atoms with Crippen LogP contribution in [0.25, 0.3) is 0 Å². The van der Waals surface area contributed by atoms with Crippen LogP contribution < -0.4 is 0 Å². The zero-order valence-electron chi connectivity index (χ0n) is 15.7. The van der Waals surface area contributed by atoms with Crippen molar-refractivity contribution in [3.05, 3.63) is 65.8 Å². The third-order valence-electron chi connectivity index (χ3n) is 5.33. The number of benzene rings is 1. The average molecular weight is 364 g/mol. The Labute approximate surface area is 158 Å². The molecule has 1 aliphatic rings. The highest BCUT2D eigenvalue weighted by molar-refractivity contribution is 5.94. The number of aryl methyl sites for hydroxylation is 1. The minimum atomic E-state index is 0.0942. The van der Waals surface area contributed by atoms with Crippen molar-refractivity contribution in [1.82, 2.24) is 29.2 Å². The molecule has 0 bridgehead atoms. The number of amides is 1. The summed E-state index contributed by atoms with van der Waals surface area (Å²) in [6, 6.07) is 9.49. The second-order valence-corrected chi connectivity index (χ2v) is 7.09. The Morgan fingerprint density at radius 3 is 2.78 bits per heavy atom. The lowest BCUT2D eigenvalue weighted by molar-refractivity contribution is 0.0703. The maximum atomic E-state index is 12.8. The molecule has 0 unspecified atom stereocenters. The molecule has 7 nitrogen and oxygen atoms in total. The van der Waals surface area contributed by atoms with Gasteiger partial charge in [0.05, 0.1) is 6.54 Å². The molecule has 1 aromatic carbocycles. The van der Waals surface area contributed by atoms with Gasteiger partial charge in [0.15, 0.2) is 5.82 Å². The van der Waals surface area contributed by atoms with Gasteiger partial charge in [0.1, 0.15) is 11.6 Å². The Kier molecular flexibility index (Phi) is 4.75. The molecule has 3 aromatic rings. The smallest absolute Gasteiger partial charge is 0.253 e. The first kappa shape index (κ1) is 17.5. The molecule has 1 aliphatic heterocycles. The number of carbonyl (C=O) groups excluding carboxylic acids is 1. The molecular formula is C20H24N6O. The highest BCUT2D eigenvalue weighted by Crippen LogP contribution is 2.27. The Morgan fingerprint density at radius 1 is 1.22 bits per heavy atom. The Hall–Kier alpha value is -2.96. The number of rotatable bonds is 4. The summed E-state index contributed by atoms with van der Waals surface area (Å²) in [4.78, 5) is 19.0. The number of imidazole rings is 1. The van der Waals surface area contributed by atoms with Gasteiger partial charge in [-0.1, -0.05) is 18.2 Å². The molecule has 1 saturated heterocycles. The van der Waals surface area contributed by atoms with Crippen molar-refractivity contribution in [3.63, 3.8) is 0 Å². The molecule has 140 valence electrons. The number of nitrogens with zero attached hydrogens (tertiary/aromatic N) is 6. The fourth-order valence-corrected chi connectivity index (χ4v) is 3.73. The van der Waals surface area contributed by atoms with Crippen molar-refractivity contribution in [3.8, 4) is 0 Å². The zero-order chi connectivity index (χ0) is 18.8. The van der Waals surface area contributed by atoms with E-state index in [2.05, 4.69) is 24.3 Å². The van der Waals surface area contributed by atoms with E-state index >= 15 is 0 Å². The fourth-order valence-electron chi connectivity index (χ4n) is 3.73. The summed E-state index contributed by atoms with van der Waals surface area (Å²) < 4.78 is 4.13. The molecule has 1 fully saturated rings. The van der Waals surface area contributed by atoms with E-state index in [0.717, 1.165) is 42.4 Å². The monoisotopic (exact) mass is 364 g/mol. The molecule has 0 saturated carbocycles. The normalized spacial score (nSPS) is 17.3. The van der Waals surface area contributed by atoms with Crippen molar-refractivity contribution < 1.29 is 4.79 Å². The molecule has 0 radical (unpaired) electrons. The van der Waals surface area contributed by atoms with Gasteiger partial charge < -0.3 is 14.0 Å². The fraction of sp³-hybridized carbons (Fsp3) is 0.400. The highest BCUT2D eigenvalue weighted by Gasteiger charge is 2.28. The van der Waals surface area contributed by atoms with Gasteiger partial charge in [-0.05, 0) is 31.9 Å².